The van der Waals surface area contributed by atoms with E-state index in [0.29, 0.717) is 12.3 Å². The number of fused-ring (bicyclic) bond motifs is 1. The molecule has 0 saturated carbocycles. The Balaban J connectivity index is 2.13. The number of Topliss-reactive ketones (excluding diaryl/α,β-unsaturated/α-hetero) is 1. The minimum absolute atomic E-state index is 0.289. The first-order valence-corrected chi connectivity index (χ1v) is 6.44. The molecule has 2 aromatic carbocycles. The molecule has 0 amide bonds. The molecule has 0 saturated heterocycles. The molecule has 0 N–H and O–H groups in total. The summed E-state index contributed by atoms with van der Waals surface area (Å²) in [4.78, 5) is 12.0. The van der Waals surface area contributed by atoms with Crippen molar-refractivity contribution in [2.45, 2.75) is 25.7 Å². The monoisotopic (exact) mass is 236 g/mol. The van der Waals surface area contributed by atoms with E-state index in [2.05, 4.69) is 37.3 Å². The zero-order chi connectivity index (χ0) is 12.5. The second-order valence-corrected chi connectivity index (χ2v) is 5.02. The zero-order valence-electron chi connectivity index (χ0n) is 10.5. The Morgan fingerprint density at radius 1 is 1.06 bits per heavy atom. The van der Waals surface area contributed by atoms with Crippen molar-refractivity contribution >= 4 is 5.78 Å². The van der Waals surface area contributed by atoms with Gasteiger partial charge in [-0.15, -0.1) is 0 Å². The zero-order valence-corrected chi connectivity index (χ0v) is 10.5. The predicted octanol–water partition coefficient (Wildman–Crippen LogP) is 4.10. The van der Waals surface area contributed by atoms with Crippen LogP contribution in [0.1, 0.15) is 45.8 Å². The first kappa shape index (κ1) is 11.2. The summed E-state index contributed by atoms with van der Waals surface area (Å²) in [5, 5.41) is 0. The Bertz CT molecular complexity index is 584. The van der Waals surface area contributed by atoms with Gasteiger partial charge in [-0.25, -0.2) is 0 Å². The SMILES string of the molecule is Cc1ccc2c(c1)[C@H](c1ccccc1)CCC2=O. The van der Waals surface area contributed by atoms with Crippen LogP contribution in [0.2, 0.25) is 0 Å². The third-order valence-corrected chi connectivity index (χ3v) is 3.74. The van der Waals surface area contributed by atoms with E-state index >= 15 is 0 Å². The number of carbonyl (C=O) groups excluding carboxylic acids is 1. The maximum Gasteiger partial charge on any atom is 0.163 e. The summed E-state index contributed by atoms with van der Waals surface area (Å²) < 4.78 is 0. The van der Waals surface area contributed by atoms with Crippen LogP contribution in [0.15, 0.2) is 48.5 Å². The highest BCUT2D eigenvalue weighted by Gasteiger charge is 2.26. The van der Waals surface area contributed by atoms with Gasteiger partial charge in [0.1, 0.15) is 0 Å². The van der Waals surface area contributed by atoms with Gasteiger partial charge in [-0.1, -0.05) is 54.1 Å². The van der Waals surface area contributed by atoms with Gasteiger partial charge in [0.25, 0.3) is 0 Å². The van der Waals surface area contributed by atoms with E-state index < -0.39 is 0 Å². The first-order chi connectivity index (χ1) is 8.75. The largest absolute Gasteiger partial charge is 0.294 e. The van der Waals surface area contributed by atoms with E-state index in [-0.39, 0.29) is 5.78 Å². The number of ketones is 1. The van der Waals surface area contributed by atoms with Gasteiger partial charge in [-0.05, 0) is 24.5 Å². The summed E-state index contributed by atoms with van der Waals surface area (Å²) in [5.41, 5.74) is 4.67. The van der Waals surface area contributed by atoms with E-state index in [1.54, 1.807) is 0 Å². The van der Waals surface area contributed by atoms with E-state index in [4.69, 9.17) is 0 Å². The normalized spacial score (nSPS) is 18.5. The highest BCUT2D eigenvalue weighted by atomic mass is 16.1. The second-order valence-electron chi connectivity index (χ2n) is 5.02. The molecule has 0 radical (unpaired) electrons. The van der Waals surface area contributed by atoms with Gasteiger partial charge >= 0.3 is 0 Å². The number of hydrogen-bond donors (Lipinski definition) is 0. The molecule has 0 spiro atoms. The third-order valence-electron chi connectivity index (χ3n) is 3.74. The average molecular weight is 236 g/mol. The minimum Gasteiger partial charge on any atom is -0.294 e. The Morgan fingerprint density at radius 2 is 1.83 bits per heavy atom. The first-order valence-electron chi connectivity index (χ1n) is 6.44. The summed E-state index contributed by atoms with van der Waals surface area (Å²) in [7, 11) is 0. The topological polar surface area (TPSA) is 17.1 Å². The molecule has 0 fully saturated rings. The van der Waals surface area contributed by atoms with Crippen molar-refractivity contribution in [3.8, 4) is 0 Å². The van der Waals surface area contributed by atoms with Crippen LogP contribution in [0.25, 0.3) is 0 Å². The second kappa shape index (κ2) is 4.41. The molecule has 18 heavy (non-hydrogen) atoms. The molecule has 0 heterocycles. The molecule has 0 unspecified atom stereocenters. The number of hydrogen-bond acceptors (Lipinski definition) is 1. The van der Waals surface area contributed by atoms with Crippen LogP contribution < -0.4 is 0 Å². The van der Waals surface area contributed by atoms with Crippen LogP contribution in [0, 0.1) is 6.92 Å². The predicted molar refractivity (Wildman–Crippen MR) is 73.0 cm³/mol. The maximum absolute atomic E-state index is 12.0. The summed E-state index contributed by atoms with van der Waals surface area (Å²) in [6.07, 6.45) is 1.59. The molecule has 1 aliphatic carbocycles. The molecular formula is C17H16O. The molecule has 0 bridgehead atoms. The fourth-order valence-corrected chi connectivity index (χ4v) is 2.82. The Morgan fingerprint density at radius 3 is 2.61 bits per heavy atom. The Kier molecular flexibility index (Phi) is 2.75. The highest BCUT2D eigenvalue weighted by Crippen LogP contribution is 2.36. The molecule has 0 aliphatic heterocycles. The summed E-state index contributed by atoms with van der Waals surface area (Å²) >= 11 is 0. The molecule has 1 aliphatic rings. The van der Waals surface area contributed by atoms with Crippen LogP contribution >= 0.6 is 0 Å². The van der Waals surface area contributed by atoms with Crippen molar-refractivity contribution < 1.29 is 4.79 Å². The molecule has 1 atom stereocenters. The molecule has 1 nitrogen and oxygen atoms in total. The summed E-state index contributed by atoms with van der Waals surface area (Å²) in [6.45, 7) is 2.08. The van der Waals surface area contributed by atoms with Gasteiger partial charge in [0.2, 0.25) is 0 Å². The fourth-order valence-electron chi connectivity index (χ4n) is 2.82. The molecule has 90 valence electrons. The van der Waals surface area contributed by atoms with Crippen LogP contribution in [0.3, 0.4) is 0 Å². The summed E-state index contributed by atoms with van der Waals surface area (Å²) in [6, 6.07) is 16.7. The van der Waals surface area contributed by atoms with Crippen molar-refractivity contribution in [1.29, 1.82) is 0 Å². The molecule has 2 aromatic rings. The van der Waals surface area contributed by atoms with Crippen molar-refractivity contribution in [1.82, 2.24) is 0 Å². The number of rotatable bonds is 1. The quantitative estimate of drug-likeness (QED) is 0.728. The van der Waals surface area contributed by atoms with Crippen LogP contribution in [-0.2, 0) is 0 Å². The molecule has 0 aromatic heterocycles. The standard InChI is InChI=1S/C17H16O/c1-12-7-8-15-16(11-12)14(9-10-17(15)18)13-5-3-2-4-6-13/h2-8,11,14H,9-10H2,1H3/t14-/m0/s1. The van der Waals surface area contributed by atoms with Crippen LogP contribution in [0.4, 0.5) is 0 Å². The van der Waals surface area contributed by atoms with Gasteiger partial charge in [0.05, 0.1) is 0 Å². The highest BCUT2D eigenvalue weighted by molar-refractivity contribution is 5.99. The minimum atomic E-state index is 0.289. The van der Waals surface area contributed by atoms with Gasteiger partial charge < -0.3 is 0 Å². The lowest BCUT2D eigenvalue weighted by atomic mass is 9.78. The van der Waals surface area contributed by atoms with Gasteiger partial charge in [-0.3, -0.25) is 4.79 Å². The van der Waals surface area contributed by atoms with Gasteiger partial charge in [-0.2, -0.15) is 0 Å². The van der Waals surface area contributed by atoms with Gasteiger partial charge in [0.15, 0.2) is 5.78 Å². The Hall–Kier alpha value is -1.89. The fraction of sp³-hybridized carbons (Fsp3) is 0.235. The number of benzene rings is 2. The van der Waals surface area contributed by atoms with Crippen molar-refractivity contribution in [3.63, 3.8) is 0 Å². The lowest BCUT2D eigenvalue weighted by molar-refractivity contribution is 0.0969. The van der Waals surface area contributed by atoms with Crippen molar-refractivity contribution in [2.24, 2.45) is 0 Å². The maximum atomic E-state index is 12.0. The average Bonchev–Trinajstić information content (AvgIpc) is 2.40. The van der Waals surface area contributed by atoms with Crippen molar-refractivity contribution in [2.75, 3.05) is 0 Å². The number of aryl methyl sites for hydroxylation is 1. The Labute approximate surface area is 107 Å². The molecule has 3 rings (SSSR count). The molecular weight excluding hydrogens is 220 g/mol. The van der Waals surface area contributed by atoms with Crippen LogP contribution in [-0.4, -0.2) is 5.78 Å². The lowest BCUT2D eigenvalue weighted by Crippen LogP contribution is -2.16. The van der Waals surface area contributed by atoms with E-state index in [1.165, 1.54) is 16.7 Å². The lowest BCUT2D eigenvalue weighted by Gasteiger charge is -2.25. The third kappa shape index (κ3) is 1.86. The molecule has 1 heteroatoms. The van der Waals surface area contributed by atoms with E-state index in [9.17, 15) is 4.79 Å². The van der Waals surface area contributed by atoms with Crippen molar-refractivity contribution in [3.05, 3.63) is 70.8 Å². The smallest absolute Gasteiger partial charge is 0.163 e. The number of carbonyl (C=O) groups is 1. The van der Waals surface area contributed by atoms with E-state index in [0.717, 1.165) is 12.0 Å². The van der Waals surface area contributed by atoms with Gasteiger partial charge in [0, 0.05) is 17.9 Å². The summed E-state index contributed by atoms with van der Waals surface area (Å²) in [5.74, 6) is 0.663. The van der Waals surface area contributed by atoms with Crippen LogP contribution in [0.5, 0.6) is 0 Å². The van der Waals surface area contributed by atoms with E-state index in [1.807, 2.05) is 18.2 Å².